The fourth-order valence-corrected chi connectivity index (χ4v) is 3.17. The Morgan fingerprint density at radius 1 is 1.00 bits per heavy atom. The normalized spacial score (nSPS) is 20.7. The summed E-state index contributed by atoms with van der Waals surface area (Å²) < 4.78 is 0. The number of nitrogens with zero attached hydrogens (tertiary/aromatic N) is 1. The molecule has 3 atom stereocenters. The topological polar surface area (TPSA) is 74.7 Å². The zero-order valence-corrected chi connectivity index (χ0v) is 13.8. The summed E-state index contributed by atoms with van der Waals surface area (Å²) in [6.45, 7) is 1.32. The van der Waals surface area contributed by atoms with E-state index in [0.29, 0.717) is 11.1 Å². The van der Waals surface area contributed by atoms with E-state index in [1.807, 2.05) is 0 Å². The largest absolute Gasteiger partial charge is 0.392 e. The molecular weight excluding hydrogens is 318 g/mol. The summed E-state index contributed by atoms with van der Waals surface area (Å²) in [4.78, 5) is 38.9. The van der Waals surface area contributed by atoms with Gasteiger partial charge in [0.2, 0.25) is 5.91 Å². The highest BCUT2D eigenvalue weighted by molar-refractivity contribution is 6.10. The van der Waals surface area contributed by atoms with Crippen LogP contribution >= 0.6 is 0 Å². The minimum absolute atomic E-state index is 0.171. The molecule has 0 radical (unpaired) electrons. The number of β-lactam (4-membered cyclic amide) rings is 1. The monoisotopic (exact) mass is 337 g/mol. The van der Waals surface area contributed by atoms with Crippen LogP contribution in [0.2, 0.25) is 0 Å². The van der Waals surface area contributed by atoms with Crippen molar-refractivity contribution in [3.63, 3.8) is 0 Å². The lowest BCUT2D eigenvalue weighted by atomic mass is 9.78. The van der Waals surface area contributed by atoms with E-state index in [-0.39, 0.29) is 24.0 Å². The average molecular weight is 337 g/mol. The average Bonchev–Trinajstić information content (AvgIpc) is 2.64. The van der Waals surface area contributed by atoms with Crippen LogP contribution in [0.5, 0.6) is 0 Å². The molecule has 1 amide bonds. The van der Waals surface area contributed by atoms with Gasteiger partial charge in [0.15, 0.2) is 11.6 Å². The van der Waals surface area contributed by atoms with E-state index in [1.165, 1.54) is 11.8 Å². The van der Waals surface area contributed by atoms with Crippen LogP contribution in [-0.4, -0.2) is 46.2 Å². The Kier molecular flexibility index (Phi) is 4.76. The summed E-state index contributed by atoms with van der Waals surface area (Å²) in [7, 11) is 0. The van der Waals surface area contributed by atoms with Crippen LogP contribution in [0.1, 0.15) is 27.6 Å². The third-order valence-corrected chi connectivity index (χ3v) is 4.50. The first-order valence-corrected chi connectivity index (χ1v) is 8.16. The molecule has 5 nitrogen and oxygen atoms in total. The van der Waals surface area contributed by atoms with Crippen molar-refractivity contribution in [2.45, 2.75) is 19.1 Å². The van der Waals surface area contributed by atoms with Gasteiger partial charge in [0.05, 0.1) is 18.6 Å². The van der Waals surface area contributed by atoms with Gasteiger partial charge in [0.25, 0.3) is 0 Å². The van der Waals surface area contributed by atoms with Gasteiger partial charge >= 0.3 is 0 Å². The van der Waals surface area contributed by atoms with Crippen molar-refractivity contribution in [1.29, 1.82) is 0 Å². The van der Waals surface area contributed by atoms with E-state index in [0.717, 1.165) is 0 Å². The molecule has 1 aliphatic rings. The van der Waals surface area contributed by atoms with Crippen LogP contribution in [-0.2, 0) is 4.79 Å². The van der Waals surface area contributed by atoms with Crippen molar-refractivity contribution >= 4 is 17.5 Å². The zero-order chi connectivity index (χ0) is 18.0. The predicted octanol–water partition coefficient (Wildman–Crippen LogP) is 1.96. The van der Waals surface area contributed by atoms with Gasteiger partial charge in [-0.05, 0) is 6.92 Å². The number of rotatable bonds is 6. The number of carbonyl (C=O) groups is 3. The van der Waals surface area contributed by atoms with E-state index < -0.39 is 18.1 Å². The predicted molar refractivity (Wildman–Crippen MR) is 92.2 cm³/mol. The van der Waals surface area contributed by atoms with Gasteiger partial charge in [-0.25, -0.2) is 0 Å². The number of carbonyl (C=O) groups excluding carboxylic acids is 3. The molecule has 2 aromatic carbocycles. The number of ketones is 2. The van der Waals surface area contributed by atoms with Crippen molar-refractivity contribution in [3.05, 3.63) is 71.8 Å². The highest BCUT2D eigenvalue weighted by Gasteiger charge is 2.53. The first kappa shape index (κ1) is 17.0. The van der Waals surface area contributed by atoms with Crippen LogP contribution in [0.4, 0.5) is 0 Å². The van der Waals surface area contributed by atoms with Crippen molar-refractivity contribution < 1.29 is 19.5 Å². The highest BCUT2D eigenvalue weighted by atomic mass is 16.3. The number of likely N-dealkylation sites (tertiary alicyclic amines) is 1. The van der Waals surface area contributed by atoms with E-state index in [4.69, 9.17) is 0 Å². The molecule has 1 heterocycles. The maximum Gasteiger partial charge on any atom is 0.231 e. The van der Waals surface area contributed by atoms with Crippen molar-refractivity contribution in [1.82, 2.24) is 4.90 Å². The lowest BCUT2D eigenvalue weighted by Crippen LogP contribution is -2.68. The molecule has 5 heteroatoms. The molecule has 1 N–H and O–H groups in total. The Morgan fingerprint density at radius 3 is 2.04 bits per heavy atom. The van der Waals surface area contributed by atoms with Gasteiger partial charge < -0.3 is 10.0 Å². The summed E-state index contributed by atoms with van der Waals surface area (Å²) in [5.74, 6) is -1.67. The van der Waals surface area contributed by atoms with Crippen molar-refractivity contribution in [3.8, 4) is 0 Å². The number of benzene rings is 2. The Hall–Kier alpha value is -2.79. The first-order valence-electron chi connectivity index (χ1n) is 8.16. The lowest BCUT2D eigenvalue weighted by molar-refractivity contribution is -0.158. The third-order valence-electron chi connectivity index (χ3n) is 4.50. The standard InChI is InChI=1S/C20H19NO4/c1-13(22)17-18(19(24)15-10-6-3-7-11-15)21(20(17)25)12-16(23)14-8-4-2-5-9-14/h2-11,13,17-18,22H,12H2,1H3/t13-,17-,18+/m1/s1. The van der Waals surface area contributed by atoms with E-state index in [9.17, 15) is 19.5 Å². The fraction of sp³-hybridized carbons (Fsp3) is 0.250. The van der Waals surface area contributed by atoms with Crippen molar-refractivity contribution in [2.75, 3.05) is 6.54 Å². The van der Waals surface area contributed by atoms with E-state index in [1.54, 1.807) is 60.7 Å². The van der Waals surface area contributed by atoms with Crippen LogP contribution in [0.25, 0.3) is 0 Å². The molecule has 0 bridgehead atoms. The Balaban J connectivity index is 1.83. The molecule has 0 aliphatic carbocycles. The van der Waals surface area contributed by atoms with Gasteiger partial charge in [0, 0.05) is 11.1 Å². The number of aliphatic hydroxyl groups is 1. The quantitative estimate of drug-likeness (QED) is 0.646. The molecule has 3 rings (SSSR count). The number of hydrogen-bond donors (Lipinski definition) is 1. The second-order valence-electron chi connectivity index (χ2n) is 6.20. The molecule has 1 aliphatic heterocycles. The summed E-state index contributed by atoms with van der Waals surface area (Å²) in [5.41, 5.74) is 0.949. The highest BCUT2D eigenvalue weighted by Crippen LogP contribution is 2.32. The Bertz CT molecular complexity index is 786. The fourth-order valence-electron chi connectivity index (χ4n) is 3.17. The van der Waals surface area contributed by atoms with Crippen LogP contribution in [0, 0.1) is 5.92 Å². The smallest absolute Gasteiger partial charge is 0.231 e. The van der Waals surface area contributed by atoms with Crippen LogP contribution in [0.3, 0.4) is 0 Å². The maximum atomic E-state index is 12.8. The number of aliphatic hydroxyl groups excluding tert-OH is 1. The van der Waals surface area contributed by atoms with Gasteiger partial charge in [-0.15, -0.1) is 0 Å². The van der Waals surface area contributed by atoms with E-state index >= 15 is 0 Å². The molecule has 0 spiro atoms. The summed E-state index contributed by atoms with van der Waals surface area (Å²) in [5, 5.41) is 9.89. The number of hydrogen-bond acceptors (Lipinski definition) is 4. The number of Topliss-reactive ketones (excluding diaryl/α,β-unsaturated/α-hetero) is 2. The van der Waals surface area contributed by atoms with Crippen LogP contribution < -0.4 is 0 Å². The second-order valence-corrected chi connectivity index (χ2v) is 6.20. The van der Waals surface area contributed by atoms with E-state index in [2.05, 4.69) is 0 Å². The molecule has 2 aromatic rings. The molecule has 0 saturated carbocycles. The summed E-state index contributed by atoms with van der Waals surface area (Å²) in [6.07, 6.45) is -0.951. The Morgan fingerprint density at radius 2 is 1.52 bits per heavy atom. The van der Waals surface area contributed by atoms with Crippen molar-refractivity contribution in [2.24, 2.45) is 5.92 Å². The van der Waals surface area contributed by atoms with Gasteiger partial charge in [0.1, 0.15) is 6.04 Å². The molecule has 1 saturated heterocycles. The molecule has 1 fully saturated rings. The summed E-state index contributed by atoms with van der Waals surface area (Å²) >= 11 is 0. The minimum atomic E-state index is -0.951. The minimum Gasteiger partial charge on any atom is -0.392 e. The molecule has 128 valence electrons. The second kappa shape index (κ2) is 6.99. The zero-order valence-electron chi connectivity index (χ0n) is 13.8. The SMILES string of the molecule is C[C@@H](O)[C@H]1C(=O)N(CC(=O)c2ccccc2)[C@@H]1C(=O)c1ccccc1. The lowest BCUT2D eigenvalue weighted by Gasteiger charge is -2.47. The molecule has 0 aromatic heterocycles. The molecular formula is C20H19NO4. The third kappa shape index (κ3) is 3.23. The first-order chi connectivity index (χ1) is 12.0. The maximum absolute atomic E-state index is 12.8. The Labute approximate surface area is 145 Å². The summed E-state index contributed by atoms with van der Waals surface area (Å²) in [6, 6.07) is 16.4. The molecule has 25 heavy (non-hydrogen) atoms. The van der Waals surface area contributed by atoms with Crippen LogP contribution in [0.15, 0.2) is 60.7 Å². The number of amides is 1. The molecule has 0 unspecified atom stereocenters. The van der Waals surface area contributed by atoms with Gasteiger partial charge in [-0.2, -0.15) is 0 Å². The van der Waals surface area contributed by atoms with Gasteiger partial charge in [-0.1, -0.05) is 60.7 Å². The van der Waals surface area contributed by atoms with Gasteiger partial charge in [-0.3, -0.25) is 14.4 Å².